The molecule has 3 rings (SSSR count). The summed E-state index contributed by atoms with van der Waals surface area (Å²) in [5.74, 6) is 1.28. The van der Waals surface area contributed by atoms with Crippen LogP contribution in [0.4, 0.5) is 0 Å². The Hall–Kier alpha value is -2.81. The fraction of sp³-hybridized carbons (Fsp3) is 0.389. The molecule has 1 aliphatic carbocycles. The van der Waals surface area contributed by atoms with Gasteiger partial charge < -0.3 is 10.5 Å². The maximum absolute atomic E-state index is 11.6. The highest BCUT2D eigenvalue weighted by atomic mass is 16.5. The van der Waals surface area contributed by atoms with Crippen LogP contribution in [0.15, 0.2) is 18.2 Å². The van der Waals surface area contributed by atoms with Gasteiger partial charge in [0.1, 0.15) is 17.5 Å². The van der Waals surface area contributed by atoms with Crippen LogP contribution >= 0.6 is 0 Å². The maximum Gasteiger partial charge on any atom is 0.242 e. The highest BCUT2D eigenvalue weighted by molar-refractivity contribution is 5.78. The van der Waals surface area contributed by atoms with Gasteiger partial charge in [-0.25, -0.2) is 0 Å². The monoisotopic (exact) mass is 324 g/mol. The Morgan fingerprint density at radius 3 is 2.71 bits per heavy atom. The Balaban J connectivity index is 2.00. The predicted octanol–water partition coefficient (Wildman–Crippen LogP) is 3.09. The second-order valence-electron chi connectivity index (χ2n) is 6.29. The van der Waals surface area contributed by atoms with Crippen LogP contribution < -0.4 is 10.5 Å². The summed E-state index contributed by atoms with van der Waals surface area (Å²) in [5, 5.41) is 13.5. The van der Waals surface area contributed by atoms with Crippen molar-refractivity contribution in [3.05, 3.63) is 40.7 Å². The zero-order chi connectivity index (χ0) is 17.4. The first-order valence-corrected chi connectivity index (χ1v) is 7.99. The van der Waals surface area contributed by atoms with E-state index >= 15 is 0 Å². The van der Waals surface area contributed by atoms with Crippen molar-refractivity contribution in [3.63, 3.8) is 0 Å². The molecule has 0 saturated heterocycles. The number of primary amides is 1. The molecule has 1 saturated carbocycles. The van der Waals surface area contributed by atoms with Crippen LogP contribution in [0.2, 0.25) is 0 Å². The van der Waals surface area contributed by atoms with Gasteiger partial charge in [-0.1, -0.05) is 0 Å². The summed E-state index contributed by atoms with van der Waals surface area (Å²) in [5.41, 5.74) is 8.59. The Bertz CT molecular complexity index is 843. The molecule has 6 heteroatoms. The van der Waals surface area contributed by atoms with Crippen LogP contribution in [-0.2, 0) is 4.79 Å². The quantitative estimate of drug-likeness (QED) is 0.914. The topological polar surface area (TPSA) is 93.9 Å². The van der Waals surface area contributed by atoms with Crippen LogP contribution in [-0.4, -0.2) is 15.7 Å². The molecule has 2 N–H and O–H groups in total. The smallest absolute Gasteiger partial charge is 0.242 e. The van der Waals surface area contributed by atoms with Crippen molar-refractivity contribution in [1.29, 1.82) is 5.26 Å². The molecule has 0 spiro atoms. The molecule has 1 aliphatic rings. The minimum Gasteiger partial charge on any atom is -0.453 e. The molecule has 124 valence electrons. The van der Waals surface area contributed by atoms with Crippen molar-refractivity contribution >= 4 is 5.91 Å². The Kier molecular flexibility index (Phi) is 4.02. The Morgan fingerprint density at radius 1 is 1.46 bits per heavy atom. The number of aromatic nitrogens is 2. The van der Waals surface area contributed by atoms with E-state index in [1.807, 2.05) is 19.9 Å². The van der Waals surface area contributed by atoms with Gasteiger partial charge in [-0.2, -0.15) is 10.4 Å². The van der Waals surface area contributed by atoms with Crippen molar-refractivity contribution in [2.45, 2.75) is 45.6 Å². The number of hydrogen-bond donors (Lipinski definition) is 1. The second-order valence-corrected chi connectivity index (χ2v) is 6.29. The van der Waals surface area contributed by atoms with E-state index in [1.54, 1.807) is 23.7 Å². The molecule has 1 aromatic heterocycles. The predicted molar refractivity (Wildman–Crippen MR) is 88.8 cm³/mol. The van der Waals surface area contributed by atoms with E-state index < -0.39 is 11.9 Å². The fourth-order valence-electron chi connectivity index (χ4n) is 2.76. The lowest BCUT2D eigenvalue weighted by molar-refractivity contribution is -0.121. The standard InChI is InChI=1S/C18H20N4O2/c1-10-8-15(7-6-14(10)9-19)24-17-11(2)21-22(12(3)18(20)23)16(17)13-4-5-13/h6-8,12-13H,4-5H2,1-3H3,(H2,20,23). The SMILES string of the molecule is Cc1cc(Oc2c(C)nn(C(C)C(N)=O)c2C2CC2)ccc1C#N. The minimum atomic E-state index is -0.514. The van der Waals surface area contributed by atoms with Crippen molar-refractivity contribution < 1.29 is 9.53 Å². The van der Waals surface area contributed by atoms with Crippen LogP contribution in [0.25, 0.3) is 0 Å². The molecule has 1 heterocycles. The third kappa shape index (κ3) is 2.85. The highest BCUT2D eigenvalue weighted by Crippen LogP contribution is 2.47. The summed E-state index contributed by atoms with van der Waals surface area (Å²) in [6.07, 6.45) is 2.11. The number of carbonyl (C=O) groups is 1. The minimum absolute atomic E-state index is 0.350. The molecule has 1 atom stereocenters. The molecule has 1 aromatic carbocycles. The molecular formula is C18H20N4O2. The van der Waals surface area contributed by atoms with E-state index in [0.29, 0.717) is 23.0 Å². The van der Waals surface area contributed by atoms with Crippen molar-refractivity contribution in [1.82, 2.24) is 9.78 Å². The lowest BCUT2D eigenvalue weighted by atomic mass is 10.1. The number of ether oxygens (including phenoxy) is 1. The van der Waals surface area contributed by atoms with Crippen LogP contribution in [0.1, 0.15) is 54.2 Å². The molecule has 1 fully saturated rings. The molecule has 1 amide bonds. The number of nitrogens with zero attached hydrogens (tertiary/aromatic N) is 3. The van der Waals surface area contributed by atoms with Crippen molar-refractivity contribution in [3.8, 4) is 17.6 Å². The van der Waals surface area contributed by atoms with Crippen molar-refractivity contribution in [2.75, 3.05) is 0 Å². The highest BCUT2D eigenvalue weighted by Gasteiger charge is 2.35. The number of aryl methyl sites for hydroxylation is 2. The van der Waals surface area contributed by atoms with E-state index in [0.717, 1.165) is 29.8 Å². The van der Waals surface area contributed by atoms with Crippen molar-refractivity contribution in [2.24, 2.45) is 5.73 Å². The molecule has 2 aromatic rings. The van der Waals surface area contributed by atoms with Gasteiger partial charge in [0.2, 0.25) is 5.91 Å². The summed E-state index contributed by atoms with van der Waals surface area (Å²) >= 11 is 0. The number of benzene rings is 1. The summed E-state index contributed by atoms with van der Waals surface area (Å²) < 4.78 is 7.78. The molecule has 0 radical (unpaired) electrons. The summed E-state index contributed by atoms with van der Waals surface area (Å²) in [7, 11) is 0. The van der Waals surface area contributed by atoms with E-state index in [2.05, 4.69) is 11.2 Å². The lowest BCUT2D eigenvalue weighted by Gasteiger charge is -2.13. The number of carbonyl (C=O) groups excluding carboxylic acids is 1. The average molecular weight is 324 g/mol. The summed E-state index contributed by atoms with van der Waals surface area (Å²) in [6, 6.07) is 6.99. The Labute approximate surface area is 140 Å². The van der Waals surface area contributed by atoms with Gasteiger partial charge in [-0.3, -0.25) is 9.48 Å². The van der Waals surface area contributed by atoms with Crippen LogP contribution in [0.5, 0.6) is 11.5 Å². The first kappa shape index (κ1) is 16.1. The first-order valence-electron chi connectivity index (χ1n) is 7.99. The van der Waals surface area contributed by atoms with Gasteiger partial charge >= 0.3 is 0 Å². The van der Waals surface area contributed by atoms with Crippen LogP contribution in [0.3, 0.4) is 0 Å². The van der Waals surface area contributed by atoms with E-state index in [4.69, 9.17) is 15.7 Å². The molecule has 24 heavy (non-hydrogen) atoms. The molecule has 0 bridgehead atoms. The van der Waals surface area contributed by atoms with Gasteiger partial charge in [0.05, 0.1) is 17.3 Å². The number of hydrogen-bond acceptors (Lipinski definition) is 4. The largest absolute Gasteiger partial charge is 0.453 e. The molecule has 1 unspecified atom stereocenters. The summed E-state index contributed by atoms with van der Waals surface area (Å²) in [4.78, 5) is 11.6. The van der Waals surface area contributed by atoms with E-state index in [-0.39, 0.29) is 0 Å². The molecular weight excluding hydrogens is 304 g/mol. The number of amides is 1. The second kappa shape index (κ2) is 6.00. The average Bonchev–Trinajstić information content (AvgIpc) is 3.32. The third-order valence-electron chi connectivity index (χ3n) is 4.35. The fourth-order valence-corrected chi connectivity index (χ4v) is 2.76. The third-order valence-corrected chi connectivity index (χ3v) is 4.35. The number of nitrogens with two attached hydrogens (primary N) is 1. The van der Waals surface area contributed by atoms with Crippen LogP contribution in [0, 0.1) is 25.2 Å². The first-order chi connectivity index (χ1) is 11.4. The zero-order valence-electron chi connectivity index (χ0n) is 14.0. The maximum atomic E-state index is 11.6. The van der Waals surface area contributed by atoms with Gasteiger partial charge in [0.15, 0.2) is 5.75 Å². The van der Waals surface area contributed by atoms with E-state index in [1.165, 1.54) is 0 Å². The number of rotatable bonds is 5. The van der Waals surface area contributed by atoms with Gasteiger partial charge in [0.25, 0.3) is 0 Å². The van der Waals surface area contributed by atoms with Gasteiger partial charge in [0, 0.05) is 5.92 Å². The lowest BCUT2D eigenvalue weighted by Crippen LogP contribution is -2.26. The zero-order valence-corrected chi connectivity index (χ0v) is 14.0. The molecule has 6 nitrogen and oxygen atoms in total. The molecule has 0 aliphatic heterocycles. The summed E-state index contributed by atoms with van der Waals surface area (Å²) in [6.45, 7) is 5.48. The van der Waals surface area contributed by atoms with Gasteiger partial charge in [-0.15, -0.1) is 0 Å². The number of nitriles is 1. The normalized spacial score (nSPS) is 14.9. The van der Waals surface area contributed by atoms with Gasteiger partial charge in [-0.05, 0) is 57.4 Å². The Morgan fingerprint density at radius 2 is 2.17 bits per heavy atom. The van der Waals surface area contributed by atoms with E-state index in [9.17, 15) is 4.79 Å².